The van der Waals surface area contributed by atoms with Crippen molar-refractivity contribution in [3.63, 3.8) is 0 Å². The molecule has 0 saturated carbocycles. The maximum atomic E-state index is 13.0. The van der Waals surface area contributed by atoms with Gasteiger partial charge in [0.15, 0.2) is 5.13 Å². The minimum atomic E-state index is -4.54. The molecule has 1 aromatic carbocycles. The SMILES string of the molecule is Cc1csc(N(CC(F)(F)F)C(=O)CCc2ccc(S(=O)(=O)N3CCCCC3)cc2)n1. The maximum absolute atomic E-state index is 13.0. The monoisotopic (exact) mass is 475 g/mol. The van der Waals surface area contributed by atoms with Crippen LogP contribution in [0.4, 0.5) is 18.3 Å². The molecule has 1 fully saturated rings. The third kappa shape index (κ3) is 6.27. The molecule has 1 aliphatic heterocycles. The number of alkyl halides is 3. The largest absolute Gasteiger partial charge is 0.406 e. The highest BCUT2D eigenvalue weighted by atomic mass is 32.2. The number of carbonyl (C=O) groups excluding carboxylic acids is 1. The standard InChI is InChI=1S/C20H24F3N3O3S2/c1-15-13-30-19(24-15)26(14-20(21,22)23)18(27)10-7-16-5-8-17(9-6-16)31(28,29)25-11-3-2-4-12-25/h5-6,8-9,13H,2-4,7,10-12,14H2,1H3. The number of carbonyl (C=O) groups is 1. The molecule has 1 aromatic heterocycles. The van der Waals surface area contributed by atoms with Gasteiger partial charge in [-0.05, 0) is 43.9 Å². The Labute approximate surface area is 183 Å². The average Bonchev–Trinajstić information content (AvgIpc) is 3.16. The second-order valence-corrected chi connectivity index (χ2v) is 10.2. The molecule has 0 spiro atoms. The van der Waals surface area contributed by atoms with E-state index in [9.17, 15) is 26.4 Å². The van der Waals surface area contributed by atoms with Gasteiger partial charge in [0.25, 0.3) is 0 Å². The Kier molecular flexibility index (Phi) is 7.38. The van der Waals surface area contributed by atoms with Crippen molar-refractivity contribution < 1.29 is 26.4 Å². The van der Waals surface area contributed by atoms with Crippen LogP contribution < -0.4 is 4.90 Å². The molecule has 0 atom stereocenters. The van der Waals surface area contributed by atoms with Crippen molar-refractivity contribution in [3.8, 4) is 0 Å². The van der Waals surface area contributed by atoms with Crippen molar-refractivity contribution >= 4 is 32.4 Å². The van der Waals surface area contributed by atoms with Gasteiger partial charge < -0.3 is 0 Å². The first kappa shape index (κ1) is 23.7. The molecule has 2 aromatic rings. The molecule has 0 radical (unpaired) electrons. The second kappa shape index (κ2) is 9.66. The number of sulfonamides is 1. The third-order valence-electron chi connectivity index (χ3n) is 4.98. The van der Waals surface area contributed by atoms with Gasteiger partial charge in [-0.3, -0.25) is 9.69 Å². The molecule has 2 heterocycles. The summed E-state index contributed by atoms with van der Waals surface area (Å²) >= 11 is 0.989. The van der Waals surface area contributed by atoms with E-state index in [-0.39, 0.29) is 22.9 Å². The summed E-state index contributed by atoms with van der Waals surface area (Å²) < 4.78 is 65.7. The van der Waals surface area contributed by atoms with Gasteiger partial charge in [-0.25, -0.2) is 13.4 Å². The molecule has 1 amide bonds. The van der Waals surface area contributed by atoms with Crippen LogP contribution in [0.2, 0.25) is 0 Å². The number of rotatable bonds is 7. The van der Waals surface area contributed by atoms with E-state index >= 15 is 0 Å². The zero-order valence-electron chi connectivity index (χ0n) is 17.1. The van der Waals surface area contributed by atoms with E-state index in [0.29, 0.717) is 29.2 Å². The number of nitrogens with zero attached hydrogens (tertiary/aromatic N) is 3. The Morgan fingerprint density at radius 2 is 1.81 bits per heavy atom. The predicted molar refractivity (Wildman–Crippen MR) is 113 cm³/mol. The van der Waals surface area contributed by atoms with Crippen LogP contribution in [0.25, 0.3) is 0 Å². The van der Waals surface area contributed by atoms with Gasteiger partial charge in [0, 0.05) is 24.9 Å². The predicted octanol–water partition coefficient (Wildman–Crippen LogP) is 4.15. The van der Waals surface area contributed by atoms with Crippen LogP contribution in [0.5, 0.6) is 0 Å². The van der Waals surface area contributed by atoms with Crippen molar-refractivity contribution in [2.45, 2.75) is 50.1 Å². The lowest BCUT2D eigenvalue weighted by Gasteiger charge is -2.25. The highest BCUT2D eigenvalue weighted by Crippen LogP contribution is 2.26. The minimum absolute atomic E-state index is 0.0165. The molecule has 1 aliphatic rings. The zero-order chi connectivity index (χ0) is 22.6. The Morgan fingerprint density at radius 3 is 2.35 bits per heavy atom. The summed E-state index contributed by atoms with van der Waals surface area (Å²) in [5.74, 6) is -0.684. The van der Waals surface area contributed by atoms with Crippen molar-refractivity contribution in [2.24, 2.45) is 0 Å². The summed E-state index contributed by atoms with van der Waals surface area (Å²) in [7, 11) is -3.55. The number of aromatic nitrogens is 1. The number of aryl methyl sites for hydroxylation is 2. The van der Waals surface area contributed by atoms with Crippen LogP contribution in [0.1, 0.15) is 36.9 Å². The Hall–Kier alpha value is -1.98. The molecule has 3 rings (SSSR count). The van der Waals surface area contributed by atoms with Gasteiger partial charge in [0.05, 0.1) is 10.6 Å². The minimum Gasteiger partial charge on any atom is -0.279 e. The molecule has 0 unspecified atom stereocenters. The van der Waals surface area contributed by atoms with Crippen molar-refractivity contribution in [3.05, 3.63) is 40.9 Å². The fourth-order valence-corrected chi connectivity index (χ4v) is 5.71. The van der Waals surface area contributed by atoms with Crippen LogP contribution in [-0.2, 0) is 21.2 Å². The van der Waals surface area contributed by atoms with E-state index in [2.05, 4.69) is 4.98 Å². The topological polar surface area (TPSA) is 70.6 Å². The molecule has 1 saturated heterocycles. The van der Waals surface area contributed by atoms with E-state index in [4.69, 9.17) is 0 Å². The average molecular weight is 476 g/mol. The first-order chi connectivity index (χ1) is 14.6. The number of hydrogen-bond donors (Lipinski definition) is 0. The molecule has 6 nitrogen and oxygen atoms in total. The summed E-state index contributed by atoms with van der Waals surface area (Å²) in [6.07, 6.45) is -1.79. The molecule has 11 heteroatoms. The zero-order valence-corrected chi connectivity index (χ0v) is 18.7. The fraction of sp³-hybridized carbons (Fsp3) is 0.500. The van der Waals surface area contributed by atoms with Crippen LogP contribution in [0.3, 0.4) is 0 Å². The van der Waals surface area contributed by atoms with Crippen molar-refractivity contribution in [2.75, 3.05) is 24.5 Å². The first-order valence-electron chi connectivity index (χ1n) is 9.94. The van der Waals surface area contributed by atoms with Crippen molar-refractivity contribution in [1.82, 2.24) is 9.29 Å². The summed E-state index contributed by atoms with van der Waals surface area (Å²) in [6.45, 7) is 1.26. The molecule has 31 heavy (non-hydrogen) atoms. The van der Waals surface area contributed by atoms with Gasteiger partial charge in [-0.1, -0.05) is 18.6 Å². The van der Waals surface area contributed by atoms with E-state index in [1.54, 1.807) is 24.4 Å². The molecule has 170 valence electrons. The van der Waals surface area contributed by atoms with Gasteiger partial charge in [0.2, 0.25) is 15.9 Å². The highest BCUT2D eigenvalue weighted by molar-refractivity contribution is 7.89. The van der Waals surface area contributed by atoms with Gasteiger partial charge in [-0.2, -0.15) is 17.5 Å². The lowest BCUT2D eigenvalue weighted by Crippen LogP contribution is -2.39. The summed E-state index contributed by atoms with van der Waals surface area (Å²) in [4.78, 5) is 17.4. The number of halogens is 3. The molecular weight excluding hydrogens is 451 g/mol. The second-order valence-electron chi connectivity index (χ2n) is 7.48. The lowest BCUT2D eigenvalue weighted by molar-refractivity contribution is -0.132. The quantitative estimate of drug-likeness (QED) is 0.603. The number of hydrogen-bond acceptors (Lipinski definition) is 5. The number of amides is 1. The molecule has 0 aliphatic carbocycles. The van der Waals surface area contributed by atoms with Crippen LogP contribution in [0, 0.1) is 6.92 Å². The van der Waals surface area contributed by atoms with E-state index in [0.717, 1.165) is 30.6 Å². The van der Waals surface area contributed by atoms with E-state index in [1.807, 2.05) is 0 Å². The van der Waals surface area contributed by atoms with Gasteiger partial charge in [-0.15, -0.1) is 11.3 Å². The Bertz CT molecular complexity index is 999. The highest BCUT2D eigenvalue weighted by Gasteiger charge is 2.35. The molecule has 0 bridgehead atoms. The third-order valence-corrected chi connectivity index (χ3v) is 7.87. The summed E-state index contributed by atoms with van der Waals surface area (Å²) in [6, 6.07) is 6.18. The van der Waals surface area contributed by atoms with E-state index in [1.165, 1.54) is 16.4 Å². The molecule has 0 N–H and O–H groups in total. The maximum Gasteiger partial charge on any atom is 0.406 e. The molecular formula is C20H24F3N3O3S2. The Balaban J connectivity index is 1.66. The number of anilines is 1. The van der Waals surface area contributed by atoms with Crippen LogP contribution >= 0.6 is 11.3 Å². The number of benzene rings is 1. The van der Waals surface area contributed by atoms with Gasteiger partial charge in [0.1, 0.15) is 6.54 Å². The first-order valence-corrected chi connectivity index (χ1v) is 12.3. The smallest absolute Gasteiger partial charge is 0.279 e. The summed E-state index contributed by atoms with van der Waals surface area (Å²) in [5.41, 5.74) is 1.22. The van der Waals surface area contributed by atoms with E-state index < -0.39 is 28.7 Å². The lowest BCUT2D eigenvalue weighted by atomic mass is 10.1. The fourth-order valence-electron chi connectivity index (χ4n) is 3.38. The van der Waals surface area contributed by atoms with Gasteiger partial charge >= 0.3 is 6.18 Å². The Morgan fingerprint density at radius 1 is 1.16 bits per heavy atom. The number of piperidine rings is 1. The summed E-state index contributed by atoms with van der Waals surface area (Å²) in [5, 5.41) is 1.61. The normalized spacial score (nSPS) is 15.7. The number of thiazole rings is 1. The van der Waals surface area contributed by atoms with Crippen LogP contribution in [0.15, 0.2) is 34.5 Å². The van der Waals surface area contributed by atoms with Crippen molar-refractivity contribution in [1.29, 1.82) is 0 Å². The van der Waals surface area contributed by atoms with Crippen LogP contribution in [-0.4, -0.2) is 49.4 Å².